The molecule has 0 unspecified atom stereocenters. The van der Waals surface area contributed by atoms with Crippen molar-refractivity contribution in [3.05, 3.63) is 38.4 Å². The summed E-state index contributed by atoms with van der Waals surface area (Å²) in [6, 6.07) is 3.48. The van der Waals surface area contributed by atoms with Crippen LogP contribution in [0.15, 0.2) is 23.3 Å². The molecule has 2 rings (SSSR count). The minimum atomic E-state index is -0.659. The Morgan fingerprint density at radius 3 is 2.32 bits per heavy atom. The highest BCUT2D eigenvalue weighted by Crippen LogP contribution is 2.30. The molecule has 1 aliphatic carbocycles. The van der Waals surface area contributed by atoms with Crippen LogP contribution in [0.4, 0.5) is 17.1 Å². The Morgan fingerprint density at radius 2 is 1.77 bits per heavy atom. The molecule has 8 nitrogen and oxygen atoms in total. The molecule has 0 aromatic heterocycles. The third-order valence-corrected chi connectivity index (χ3v) is 3.98. The topological polar surface area (TPSA) is 111 Å². The summed E-state index contributed by atoms with van der Waals surface area (Å²) in [7, 11) is 0. The maximum absolute atomic E-state index is 11.1. The molecule has 8 heteroatoms. The fourth-order valence-electron chi connectivity index (χ4n) is 2.74. The summed E-state index contributed by atoms with van der Waals surface area (Å²) in [5.74, 6) is 0.654. The first kappa shape index (κ1) is 15.9. The van der Waals surface area contributed by atoms with Crippen LogP contribution >= 0.6 is 0 Å². The molecule has 1 N–H and O–H groups in total. The Labute approximate surface area is 127 Å². The molecule has 2 atom stereocenters. The fourth-order valence-corrected chi connectivity index (χ4v) is 2.74. The van der Waals surface area contributed by atoms with E-state index in [2.05, 4.69) is 24.4 Å². The molecular weight excluding hydrogens is 288 g/mol. The van der Waals surface area contributed by atoms with Gasteiger partial charge in [0.15, 0.2) is 0 Å². The van der Waals surface area contributed by atoms with Crippen LogP contribution in [-0.4, -0.2) is 15.6 Å². The number of nitrogens with one attached hydrogen (secondary N) is 1. The second kappa shape index (κ2) is 6.50. The van der Waals surface area contributed by atoms with Crippen molar-refractivity contribution in [1.29, 1.82) is 0 Å². The summed E-state index contributed by atoms with van der Waals surface area (Å²) < 4.78 is 0. The number of hydrazone groups is 1. The lowest BCUT2D eigenvalue weighted by atomic mass is 9.81. The number of hydrogen-bond acceptors (Lipinski definition) is 6. The Hall–Kier alpha value is -2.51. The Morgan fingerprint density at radius 1 is 1.14 bits per heavy atom. The summed E-state index contributed by atoms with van der Waals surface area (Å²) >= 11 is 0. The minimum absolute atomic E-state index is 0.160. The molecule has 1 saturated carbocycles. The molecule has 1 aromatic carbocycles. The maximum Gasteiger partial charge on any atom is 0.301 e. The van der Waals surface area contributed by atoms with Crippen molar-refractivity contribution in [3.63, 3.8) is 0 Å². The smallest absolute Gasteiger partial charge is 0.272 e. The lowest BCUT2D eigenvalue weighted by Gasteiger charge is -2.26. The van der Waals surface area contributed by atoms with Crippen molar-refractivity contribution in [2.75, 3.05) is 5.43 Å². The molecule has 0 saturated heterocycles. The third-order valence-electron chi connectivity index (χ3n) is 3.98. The van der Waals surface area contributed by atoms with Crippen LogP contribution in [-0.2, 0) is 0 Å². The molecule has 0 bridgehead atoms. The van der Waals surface area contributed by atoms with Crippen LogP contribution in [0.25, 0.3) is 0 Å². The van der Waals surface area contributed by atoms with E-state index < -0.39 is 9.85 Å². The van der Waals surface area contributed by atoms with Crippen molar-refractivity contribution >= 4 is 22.8 Å². The average molecular weight is 306 g/mol. The van der Waals surface area contributed by atoms with E-state index in [9.17, 15) is 20.2 Å². The number of benzene rings is 1. The van der Waals surface area contributed by atoms with Gasteiger partial charge in [-0.05, 0) is 30.7 Å². The van der Waals surface area contributed by atoms with Gasteiger partial charge in [-0.15, -0.1) is 0 Å². The first-order chi connectivity index (χ1) is 10.4. The number of non-ortho nitro benzene ring substituents is 1. The average Bonchev–Trinajstić information content (AvgIpc) is 2.46. The number of hydrogen-bond donors (Lipinski definition) is 1. The zero-order valence-corrected chi connectivity index (χ0v) is 12.5. The highest BCUT2D eigenvalue weighted by atomic mass is 16.6. The van der Waals surface area contributed by atoms with Crippen molar-refractivity contribution < 1.29 is 9.85 Å². The van der Waals surface area contributed by atoms with E-state index in [4.69, 9.17) is 0 Å². The molecular formula is C14H18N4O4. The van der Waals surface area contributed by atoms with Gasteiger partial charge in [-0.25, -0.2) is 0 Å². The van der Waals surface area contributed by atoms with Gasteiger partial charge >= 0.3 is 5.69 Å². The zero-order chi connectivity index (χ0) is 16.3. The van der Waals surface area contributed by atoms with E-state index >= 15 is 0 Å². The van der Waals surface area contributed by atoms with E-state index in [0.717, 1.165) is 31.0 Å². The van der Waals surface area contributed by atoms with E-state index in [1.807, 2.05) is 0 Å². The molecule has 0 aliphatic heterocycles. The van der Waals surface area contributed by atoms with Crippen LogP contribution in [0.3, 0.4) is 0 Å². The second-order valence-electron chi connectivity index (χ2n) is 5.60. The summed E-state index contributed by atoms with van der Waals surface area (Å²) in [5, 5.41) is 26.1. The van der Waals surface area contributed by atoms with Gasteiger partial charge in [0.25, 0.3) is 5.69 Å². The molecule has 1 aromatic rings. The highest BCUT2D eigenvalue weighted by Gasteiger charge is 2.24. The highest BCUT2D eigenvalue weighted by molar-refractivity contribution is 5.89. The van der Waals surface area contributed by atoms with Crippen LogP contribution in [0.2, 0.25) is 0 Å². The van der Waals surface area contributed by atoms with Gasteiger partial charge in [0.05, 0.1) is 15.9 Å². The first-order valence-electron chi connectivity index (χ1n) is 7.16. The summed E-state index contributed by atoms with van der Waals surface area (Å²) in [6.07, 6.45) is 3.25. The molecule has 22 heavy (non-hydrogen) atoms. The normalized spacial score (nSPS) is 21.3. The lowest BCUT2D eigenvalue weighted by molar-refractivity contribution is -0.393. The minimum Gasteiger partial charge on any atom is -0.272 e. The van der Waals surface area contributed by atoms with E-state index in [1.165, 1.54) is 12.1 Å². The molecule has 1 aliphatic rings. The van der Waals surface area contributed by atoms with Crippen LogP contribution in [0.5, 0.6) is 0 Å². The quantitative estimate of drug-likeness (QED) is 0.673. The molecule has 1 fully saturated rings. The van der Waals surface area contributed by atoms with Crippen molar-refractivity contribution in [2.45, 2.75) is 33.1 Å². The summed E-state index contributed by atoms with van der Waals surface area (Å²) in [6.45, 7) is 4.17. The number of rotatable bonds is 4. The number of anilines is 1. The van der Waals surface area contributed by atoms with Gasteiger partial charge < -0.3 is 0 Å². The standard InChI is InChI=1S/C14H18N4O4/c1-9-4-3-5-10(2)14(9)16-15-12-7-6-11(17(19)20)8-13(12)18(21)22/h6-10,15H,3-5H2,1-2H3/t9-,10-/m0/s1. The van der Waals surface area contributed by atoms with Crippen LogP contribution < -0.4 is 5.43 Å². The van der Waals surface area contributed by atoms with E-state index in [1.54, 1.807) is 0 Å². The Balaban J connectivity index is 2.29. The monoisotopic (exact) mass is 306 g/mol. The first-order valence-corrected chi connectivity index (χ1v) is 7.16. The van der Waals surface area contributed by atoms with Gasteiger partial charge in [0.1, 0.15) is 5.69 Å². The molecule has 0 radical (unpaired) electrons. The Kier molecular flexibility index (Phi) is 4.69. The van der Waals surface area contributed by atoms with Gasteiger partial charge in [-0.2, -0.15) is 5.10 Å². The zero-order valence-electron chi connectivity index (χ0n) is 12.5. The molecule has 0 spiro atoms. The van der Waals surface area contributed by atoms with Crippen LogP contribution in [0, 0.1) is 32.1 Å². The molecule has 0 heterocycles. The number of nitro groups is 2. The predicted octanol–water partition coefficient (Wildman–Crippen LogP) is 3.73. The van der Waals surface area contributed by atoms with Crippen molar-refractivity contribution in [3.8, 4) is 0 Å². The van der Waals surface area contributed by atoms with E-state index in [-0.39, 0.29) is 17.1 Å². The molecule has 0 amide bonds. The van der Waals surface area contributed by atoms with Crippen LogP contribution in [0.1, 0.15) is 33.1 Å². The van der Waals surface area contributed by atoms with Crippen molar-refractivity contribution in [1.82, 2.24) is 0 Å². The fraction of sp³-hybridized carbons (Fsp3) is 0.500. The second-order valence-corrected chi connectivity index (χ2v) is 5.60. The van der Waals surface area contributed by atoms with Gasteiger partial charge in [-0.3, -0.25) is 25.7 Å². The van der Waals surface area contributed by atoms with Crippen molar-refractivity contribution in [2.24, 2.45) is 16.9 Å². The van der Waals surface area contributed by atoms with E-state index in [0.29, 0.717) is 11.8 Å². The number of nitro benzene ring substituents is 2. The summed E-state index contributed by atoms with van der Waals surface area (Å²) in [4.78, 5) is 20.5. The number of nitrogens with zero attached hydrogens (tertiary/aromatic N) is 3. The lowest BCUT2D eigenvalue weighted by Crippen LogP contribution is -2.25. The summed E-state index contributed by atoms with van der Waals surface area (Å²) in [5.41, 5.74) is 3.19. The predicted molar refractivity (Wildman–Crippen MR) is 83.0 cm³/mol. The van der Waals surface area contributed by atoms with Gasteiger partial charge in [-0.1, -0.05) is 20.3 Å². The Bertz CT molecular complexity index is 617. The largest absolute Gasteiger partial charge is 0.301 e. The van der Waals surface area contributed by atoms with Gasteiger partial charge in [0.2, 0.25) is 0 Å². The third kappa shape index (κ3) is 3.38. The molecule has 118 valence electrons. The SMILES string of the molecule is C[C@H]1CCC[C@H](C)C1=NNc1ccc([N+](=O)[O-])cc1[N+](=O)[O-]. The van der Waals surface area contributed by atoms with Gasteiger partial charge in [0, 0.05) is 11.8 Å². The maximum atomic E-state index is 11.1.